The molecule has 0 bridgehead atoms. The molecule has 0 saturated heterocycles. The van der Waals surface area contributed by atoms with E-state index in [1.807, 2.05) is 12.1 Å². The number of nitrogens with zero attached hydrogens (tertiary/aromatic N) is 1. The molecule has 3 N–H and O–H groups in total. The molecule has 198 valence electrons. The van der Waals surface area contributed by atoms with Gasteiger partial charge in [-0.25, -0.2) is 13.8 Å². The van der Waals surface area contributed by atoms with E-state index in [1.165, 1.54) is 24.6 Å². The highest BCUT2D eigenvalue weighted by molar-refractivity contribution is 5.73. The lowest BCUT2D eigenvalue weighted by Crippen LogP contribution is -2.48. The van der Waals surface area contributed by atoms with Crippen molar-refractivity contribution < 1.29 is 23.4 Å². The van der Waals surface area contributed by atoms with Crippen LogP contribution in [0, 0.1) is 17.6 Å². The summed E-state index contributed by atoms with van der Waals surface area (Å²) in [4.78, 5) is 16.1. The van der Waals surface area contributed by atoms with Crippen molar-refractivity contribution in [3.05, 3.63) is 83.1 Å². The van der Waals surface area contributed by atoms with Crippen LogP contribution in [0.4, 0.5) is 8.78 Å². The zero-order chi connectivity index (χ0) is 26.9. The van der Waals surface area contributed by atoms with Gasteiger partial charge in [0.1, 0.15) is 11.6 Å². The minimum atomic E-state index is -0.986. The third-order valence-electron chi connectivity index (χ3n) is 5.97. The lowest BCUT2D eigenvalue weighted by molar-refractivity contribution is -0.120. The maximum atomic E-state index is 13.7. The van der Waals surface area contributed by atoms with E-state index in [2.05, 4.69) is 47.7 Å². The summed E-state index contributed by atoms with van der Waals surface area (Å²) in [6, 6.07) is 12.6. The van der Waals surface area contributed by atoms with Crippen LogP contribution in [0.25, 0.3) is 11.1 Å². The number of nitrogens with one attached hydrogen (secondary N) is 2. The lowest BCUT2D eigenvalue weighted by atomic mass is 9.94. The second-order valence-corrected chi connectivity index (χ2v) is 9.67. The quantitative estimate of drug-likeness (QED) is 0.335. The summed E-state index contributed by atoms with van der Waals surface area (Å²) >= 11 is 0. The third-order valence-corrected chi connectivity index (χ3v) is 5.97. The summed E-state index contributed by atoms with van der Waals surface area (Å²) < 4.78 is 32.5. The van der Waals surface area contributed by atoms with Gasteiger partial charge in [0.2, 0.25) is 11.8 Å². The fraction of sp³-hybridized carbons (Fsp3) is 0.379. The van der Waals surface area contributed by atoms with Gasteiger partial charge in [0.25, 0.3) is 0 Å². The zero-order valence-electron chi connectivity index (χ0n) is 21.7. The first-order valence-corrected chi connectivity index (χ1v) is 12.4. The number of aromatic nitrogens is 1. The molecule has 1 aromatic heterocycles. The van der Waals surface area contributed by atoms with Crippen molar-refractivity contribution in [3.8, 4) is 17.0 Å². The first kappa shape index (κ1) is 28.2. The number of carbonyl (C=O) groups is 1. The maximum absolute atomic E-state index is 13.7. The van der Waals surface area contributed by atoms with E-state index in [4.69, 9.17) is 4.74 Å². The molecule has 2 aromatic carbocycles. The number of rotatable bonds is 12. The Morgan fingerprint density at radius 2 is 1.76 bits per heavy atom. The van der Waals surface area contributed by atoms with Crippen molar-refractivity contribution >= 4 is 5.91 Å². The molecule has 0 radical (unpaired) electrons. The van der Waals surface area contributed by atoms with Gasteiger partial charge in [-0.2, -0.15) is 0 Å². The molecular formula is C29H35F2N3O3. The van der Waals surface area contributed by atoms with Gasteiger partial charge in [-0.3, -0.25) is 4.79 Å². The molecule has 3 rings (SSSR count). The van der Waals surface area contributed by atoms with E-state index < -0.39 is 23.8 Å². The van der Waals surface area contributed by atoms with Crippen LogP contribution in [0.1, 0.15) is 37.5 Å². The number of hydrogen-bond acceptors (Lipinski definition) is 5. The molecule has 0 fully saturated rings. The number of aliphatic hydroxyl groups is 1. The van der Waals surface area contributed by atoms with E-state index in [-0.39, 0.29) is 18.9 Å². The fourth-order valence-corrected chi connectivity index (χ4v) is 4.36. The minimum absolute atomic E-state index is 0.0871. The number of pyridine rings is 1. The predicted octanol–water partition coefficient (Wildman–Crippen LogP) is 4.43. The first-order chi connectivity index (χ1) is 17.6. The van der Waals surface area contributed by atoms with E-state index in [0.717, 1.165) is 29.2 Å². The molecule has 0 aliphatic carbocycles. The van der Waals surface area contributed by atoms with Crippen molar-refractivity contribution in [2.24, 2.45) is 5.92 Å². The number of methoxy groups -OCH3 is 1. The van der Waals surface area contributed by atoms with Crippen molar-refractivity contribution in [3.63, 3.8) is 0 Å². The summed E-state index contributed by atoms with van der Waals surface area (Å²) in [5.41, 5.74) is 4.56. The van der Waals surface area contributed by atoms with Crippen LogP contribution in [0.5, 0.6) is 5.88 Å². The van der Waals surface area contributed by atoms with Crippen LogP contribution in [0.3, 0.4) is 0 Å². The molecule has 6 nitrogen and oxygen atoms in total. The largest absolute Gasteiger partial charge is 0.481 e. The highest BCUT2D eigenvalue weighted by atomic mass is 19.1. The number of carbonyl (C=O) groups excluding carboxylic acids is 1. The average Bonchev–Trinajstić information content (AvgIpc) is 2.82. The second kappa shape index (κ2) is 13.3. The Labute approximate surface area is 217 Å². The SMILES string of the molecule is COc1ccc(-c2ccc(CC(C)C)cc2CNC[C@H](O)[C@H](Cc2cc(F)cc(F)c2)NC(C)=O)cn1. The molecule has 0 saturated carbocycles. The second-order valence-electron chi connectivity index (χ2n) is 9.67. The Morgan fingerprint density at radius 3 is 2.35 bits per heavy atom. The fourth-order valence-electron chi connectivity index (χ4n) is 4.36. The molecule has 2 atom stereocenters. The number of halogens is 2. The van der Waals surface area contributed by atoms with Gasteiger partial charge in [0, 0.05) is 43.9 Å². The Bertz CT molecular complexity index is 1170. The van der Waals surface area contributed by atoms with Gasteiger partial charge in [0.15, 0.2) is 0 Å². The van der Waals surface area contributed by atoms with E-state index >= 15 is 0 Å². The highest BCUT2D eigenvalue weighted by Crippen LogP contribution is 2.26. The van der Waals surface area contributed by atoms with Gasteiger partial charge in [-0.05, 0) is 59.2 Å². The van der Waals surface area contributed by atoms with Gasteiger partial charge < -0.3 is 20.5 Å². The van der Waals surface area contributed by atoms with Crippen molar-refractivity contribution in [2.45, 2.75) is 52.3 Å². The van der Waals surface area contributed by atoms with Crippen molar-refractivity contribution in [2.75, 3.05) is 13.7 Å². The van der Waals surface area contributed by atoms with Crippen molar-refractivity contribution in [1.29, 1.82) is 0 Å². The Balaban J connectivity index is 1.75. The molecule has 0 aliphatic heterocycles. The number of ether oxygens (including phenoxy) is 1. The topological polar surface area (TPSA) is 83.5 Å². The predicted molar refractivity (Wildman–Crippen MR) is 140 cm³/mol. The van der Waals surface area contributed by atoms with Crippen molar-refractivity contribution in [1.82, 2.24) is 15.6 Å². The summed E-state index contributed by atoms with van der Waals surface area (Å²) in [5, 5.41) is 16.8. The standard InChI is InChI=1S/C29H35F2N3O3/c1-18(2)9-20-5-7-26(22-6-8-29(37-4)33-16-22)23(10-20)15-32-17-28(36)27(34-19(3)35)13-21-11-24(30)14-25(31)12-21/h5-8,10-12,14,16,18,27-28,32,36H,9,13,15,17H2,1-4H3,(H,34,35)/t27-,28-/m0/s1. The van der Waals surface area contributed by atoms with E-state index in [1.54, 1.807) is 13.3 Å². The monoisotopic (exact) mass is 511 g/mol. The van der Waals surface area contributed by atoms with E-state index in [0.29, 0.717) is 23.9 Å². The summed E-state index contributed by atoms with van der Waals surface area (Å²) in [7, 11) is 1.57. The lowest BCUT2D eigenvalue weighted by Gasteiger charge is -2.24. The van der Waals surface area contributed by atoms with Crippen LogP contribution < -0.4 is 15.4 Å². The normalized spacial score (nSPS) is 12.9. The maximum Gasteiger partial charge on any atom is 0.217 e. The summed E-state index contributed by atoms with van der Waals surface area (Å²) in [6.07, 6.45) is 1.80. The third kappa shape index (κ3) is 8.61. The smallest absolute Gasteiger partial charge is 0.217 e. The molecule has 0 aliphatic rings. The van der Waals surface area contributed by atoms with Crippen LogP contribution in [-0.4, -0.2) is 41.8 Å². The van der Waals surface area contributed by atoms with Gasteiger partial charge in [-0.15, -0.1) is 0 Å². The highest BCUT2D eigenvalue weighted by Gasteiger charge is 2.21. The number of benzene rings is 2. The number of aliphatic hydroxyl groups excluding tert-OH is 1. The number of amides is 1. The Kier molecular flexibility index (Phi) is 10.1. The molecule has 8 heteroatoms. The molecule has 37 heavy (non-hydrogen) atoms. The van der Waals surface area contributed by atoms with Crippen LogP contribution >= 0.6 is 0 Å². The summed E-state index contributed by atoms with van der Waals surface area (Å²) in [6.45, 7) is 6.31. The molecule has 1 amide bonds. The van der Waals surface area contributed by atoms with Crippen LogP contribution in [-0.2, 0) is 24.2 Å². The number of hydrogen-bond donors (Lipinski definition) is 3. The van der Waals surface area contributed by atoms with Gasteiger partial charge >= 0.3 is 0 Å². The van der Waals surface area contributed by atoms with Gasteiger partial charge in [0.05, 0.1) is 19.3 Å². The summed E-state index contributed by atoms with van der Waals surface area (Å²) in [5.74, 6) is -0.707. The minimum Gasteiger partial charge on any atom is -0.481 e. The average molecular weight is 512 g/mol. The van der Waals surface area contributed by atoms with Crippen LogP contribution in [0.15, 0.2) is 54.7 Å². The Morgan fingerprint density at radius 1 is 1.03 bits per heavy atom. The van der Waals surface area contributed by atoms with Crippen LogP contribution in [0.2, 0.25) is 0 Å². The molecule has 0 unspecified atom stereocenters. The zero-order valence-corrected chi connectivity index (χ0v) is 21.7. The molecular weight excluding hydrogens is 476 g/mol. The first-order valence-electron chi connectivity index (χ1n) is 12.4. The molecule has 1 heterocycles. The Hall–Kier alpha value is -3.36. The van der Waals surface area contributed by atoms with E-state index in [9.17, 15) is 18.7 Å². The van der Waals surface area contributed by atoms with Gasteiger partial charge in [-0.1, -0.05) is 32.0 Å². The molecule has 3 aromatic rings. The molecule has 0 spiro atoms.